The van der Waals surface area contributed by atoms with Crippen molar-refractivity contribution in [2.24, 2.45) is 5.92 Å². The van der Waals surface area contributed by atoms with Crippen LogP contribution in [0.15, 0.2) is 89.7 Å². The minimum absolute atomic E-state index is 0.251. The Morgan fingerprint density at radius 2 is 2.08 bits per heavy atom. The predicted octanol–water partition coefficient (Wildman–Crippen LogP) is 7.12. The zero-order chi connectivity index (χ0) is 25.9. The number of hydrogen-bond donors (Lipinski definition) is 2. The molecule has 2 N–H and O–H groups in total. The number of pyridine rings is 1. The van der Waals surface area contributed by atoms with Crippen LogP contribution in [0.25, 0.3) is 10.9 Å². The Morgan fingerprint density at radius 3 is 2.75 bits per heavy atom. The van der Waals surface area contributed by atoms with Gasteiger partial charge in [0.15, 0.2) is 0 Å². The Balaban J connectivity index is 1.93. The molecule has 2 aromatic carbocycles. The van der Waals surface area contributed by atoms with Crippen LogP contribution < -0.4 is 10.1 Å². The average molecular weight is 572 g/mol. The summed E-state index contributed by atoms with van der Waals surface area (Å²) in [5, 5.41) is 17.5. The Bertz CT molecular complexity index is 1310. The predicted molar refractivity (Wildman–Crippen MR) is 148 cm³/mol. The zero-order valence-corrected chi connectivity index (χ0v) is 22.4. The van der Waals surface area contributed by atoms with Crippen molar-refractivity contribution >= 4 is 38.4 Å². The van der Waals surface area contributed by atoms with E-state index in [9.17, 15) is 9.50 Å². The number of piperidine rings is 1. The Hall–Kier alpha value is -2.51. The Morgan fingerprint density at radius 1 is 1.33 bits per heavy atom. The van der Waals surface area contributed by atoms with Gasteiger partial charge in [-0.1, -0.05) is 58.9 Å². The van der Waals surface area contributed by atoms with Crippen molar-refractivity contribution < 1.29 is 14.2 Å². The third-order valence-corrected chi connectivity index (χ3v) is 7.61. The zero-order valence-electron chi connectivity index (χ0n) is 20.1. The summed E-state index contributed by atoms with van der Waals surface area (Å²) < 4.78 is 20.4. The highest BCUT2D eigenvalue weighted by Gasteiger charge is 2.48. The van der Waals surface area contributed by atoms with Crippen molar-refractivity contribution in [1.82, 2.24) is 10.3 Å². The molecule has 0 bridgehead atoms. The van der Waals surface area contributed by atoms with Crippen LogP contribution in [-0.2, 0) is 0 Å². The van der Waals surface area contributed by atoms with Gasteiger partial charge < -0.3 is 15.2 Å². The molecule has 3 aromatic rings. The smallest absolute Gasteiger partial charge is 0.217 e. The van der Waals surface area contributed by atoms with Crippen LogP contribution in [0.5, 0.6) is 5.88 Å². The van der Waals surface area contributed by atoms with Crippen molar-refractivity contribution in [3.8, 4) is 5.88 Å². The molecule has 2 heterocycles. The van der Waals surface area contributed by atoms with Crippen LogP contribution in [0.4, 0.5) is 4.39 Å². The number of halogens is 3. The van der Waals surface area contributed by atoms with Gasteiger partial charge in [-0.2, -0.15) is 0 Å². The van der Waals surface area contributed by atoms with Crippen molar-refractivity contribution in [3.05, 3.63) is 106 Å². The summed E-state index contributed by atoms with van der Waals surface area (Å²) in [4.78, 5) is 4.78. The first-order valence-electron chi connectivity index (χ1n) is 11.8. The first-order chi connectivity index (χ1) is 17.2. The fraction of sp³-hybridized carbons (Fsp3) is 0.276. The summed E-state index contributed by atoms with van der Waals surface area (Å²) in [6, 6.07) is 15.4. The van der Waals surface area contributed by atoms with Gasteiger partial charge in [-0.15, -0.1) is 0 Å². The van der Waals surface area contributed by atoms with Crippen LogP contribution in [0.3, 0.4) is 0 Å². The Kier molecular flexibility index (Phi) is 8.30. The maximum Gasteiger partial charge on any atom is 0.217 e. The van der Waals surface area contributed by atoms with Gasteiger partial charge in [-0.3, -0.25) is 0 Å². The highest BCUT2D eigenvalue weighted by Crippen LogP contribution is 2.48. The summed E-state index contributed by atoms with van der Waals surface area (Å²) in [5.41, 5.74) is 1.94. The largest absolute Gasteiger partial charge is 0.481 e. The second kappa shape index (κ2) is 11.3. The molecule has 0 radical (unpaired) electrons. The number of allylic oxidation sites excluding steroid dienone is 4. The summed E-state index contributed by atoms with van der Waals surface area (Å²) in [6.07, 6.45) is 3.89. The maximum absolute atomic E-state index is 13.7. The number of benzene rings is 2. The number of aromatic nitrogens is 1. The molecule has 1 fully saturated rings. The molecule has 0 amide bonds. The van der Waals surface area contributed by atoms with E-state index in [0.29, 0.717) is 42.4 Å². The third kappa shape index (κ3) is 5.57. The SMILES string of the molecule is C=C/C(=C\C(=C)F)CC1CNCCC1(O)C(c1ccc(Cl)cc1)c1cc2cc(Br)ccc2nc1OC. The molecule has 1 aliphatic rings. The average Bonchev–Trinajstić information content (AvgIpc) is 2.85. The molecule has 3 unspecified atom stereocenters. The van der Waals surface area contributed by atoms with Crippen LogP contribution in [0.1, 0.15) is 29.9 Å². The van der Waals surface area contributed by atoms with Gasteiger partial charge in [0.2, 0.25) is 5.88 Å². The molecule has 188 valence electrons. The summed E-state index contributed by atoms with van der Waals surface area (Å²) in [7, 11) is 1.59. The quantitative estimate of drug-likeness (QED) is 0.283. The van der Waals surface area contributed by atoms with E-state index in [1.807, 2.05) is 48.5 Å². The van der Waals surface area contributed by atoms with E-state index in [4.69, 9.17) is 21.3 Å². The van der Waals surface area contributed by atoms with E-state index < -0.39 is 17.3 Å². The molecule has 1 aromatic heterocycles. The molecule has 1 saturated heterocycles. The number of ether oxygens (including phenoxy) is 1. The van der Waals surface area contributed by atoms with Crippen molar-refractivity contribution in [1.29, 1.82) is 0 Å². The molecule has 36 heavy (non-hydrogen) atoms. The van der Waals surface area contributed by atoms with E-state index in [1.165, 1.54) is 6.08 Å². The second-order valence-electron chi connectivity index (χ2n) is 9.13. The molecule has 0 saturated carbocycles. The minimum Gasteiger partial charge on any atom is -0.481 e. The summed E-state index contributed by atoms with van der Waals surface area (Å²) in [6.45, 7) is 8.39. The van der Waals surface area contributed by atoms with Crippen LogP contribution in [0.2, 0.25) is 5.02 Å². The lowest BCUT2D eigenvalue weighted by atomic mass is 9.66. The molecule has 0 spiro atoms. The van der Waals surface area contributed by atoms with Gasteiger partial charge in [0.05, 0.1) is 18.2 Å². The molecule has 3 atom stereocenters. The molecule has 0 aliphatic carbocycles. The number of methoxy groups -OCH3 is 1. The normalized spacial score (nSPS) is 21.2. The van der Waals surface area contributed by atoms with Crippen LogP contribution >= 0.6 is 27.5 Å². The number of nitrogens with zero attached hydrogens (tertiary/aromatic N) is 1. The molecule has 7 heteroatoms. The van der Waals surface area contributed by atoms with E-state index in [1.54, 1.807) is 13.2 Å². The fourth-order valence-electron chi connectivity index (χ4n) is 5.17. The minimum atomic E-state index is -1.20. The van der Waals surface area contributed by atoms with Gasteiger partial charge in [0, 0.05) is 38.8 Å². The molecule has 4 nitrogen and oxygen atoms in total. The van der Waals surface area contributed by atoms with Crippen LogP contribution in [0, 0.1) is 5.92 Å². The molecule has 1 aliphatic heterocycles. The van der Waals surface area contributed by atoms with E-state index in [0.717, 1.165) is 26.5 Å². The van der Waals surface area contributed by atoms with Gasteiger partial charge in [0.25, 0.3) is 0 Å². The van der Waals surface area contributed by atoms with Gasteiger partial charge in [0.1, 0.15) is 5.83 Å². The lowest BCUT2D eigenvalue weighted by molar-refractivity contribution is -0.0541. The van der Waals surface area contributed by atoms with Crippen molar-refractivity contribution in [3.63, 3.8) is 0 Å². The van der Waals surface area contributed by atoms with Gasteiger partial charge in [-0.25, -0.2) is 9.37 Å². The topological polar surface area (TPSA) is 54.4 Å². The highest BCUT2D eigenvalue weighted by molar-refractivity contribution is 9.10. The molecular formula is C29H29BrClFN2O2. The lowest BCUT2D eigenvalue weighted by Gasteiger charge is -2.46. The number of nitrogens with one attached hydrogen (secondary N) is 1. The molecule has 4 rings (SSSR count). The summed E-state index contributed by atoms with van der Waals surface area (Å²) >= 11 is 9.77. The molecular weight excluding hydrogens is 543 g/mol. The standard InChI is InChI=1S/C29H29BrClFN2O2/c1-4-19(13-18(2)32)14-22-17-33-12-11-29(22,35)27(20-5-8-24(31)9-6-20)25-16-21-15-23(30)7-10-26(21)34-28(25)36-3/h4-10,13,15-16,22,27,33,35H,1-2,11-12,14,17H2,3H3/b19-13+. The third-order valence-electron chi connectivity index (χ3n) is 6.86. The van der Waals surface area contributed by atoms with E-state index >= 15 is 0 Å². The second-order valence-corrected chi connectivity index (χ2v) is 10.5. The maximum atomic E-state index is 13.7. The number of fused-ring (bicyclic) bond motifs is 1. The van der Waals surface area contributed by atoms with Crippen LogP contribution in [-0.4, -0.2) is 35.9 Å². The number of hydrogen-bond acceptors (Lipinski definition) is 4. The number of rotatable bonds is 8. The summed E-state index contributed by atoms with van der Waals surface area (Å²) in [5.74, 6) is -0.824. The fourth-order valence-corrected chi connectivity index (χ4v) is 5.68. The first-order valence-corrected chi connectivity index (χ1v) is 12.9. The van der Waals surface area contributed by atoms with Crippen molar-refractivity contribution in [2.75, 3.05) is 20.2 Å². The Labute approximate surface area is 224 Å². The lowest BCUT2D eigenvalue weighted by Crippen LogP contribution is -2.54. The van der Waals surface area contributed by atoms with Crippen molar-refractivity contribution in [2.45, 2.75) is 24.4 Å². The first kappa shape index (κ1) is 26.6. The van der Waals surface area contributed by atoms with Gasteiger partial charge >= 0.3 is 0 Å². The van der Waals surface area contributed by atoms with E-state index in [-0.39, 0.29) is 5.92 Å². The monoisotopic (exact) mass is 570 g/mol. The highest BCUT2D eigenvalue weighted by atomic mass is 79.9. The van der Waals surface area contributed by atoms with Gasteiger partial charge in [-0.05, 0) is 73.0 Å². The number of aliphatic hydroxyl groups is 1. The van der Waals surface area contributed by atoms with E-state index in [2.05, 4.69) is 34.4 Å².